The Labute approximate surface area is 106 Å². The van der Waals surface area contributed by atoms with Crippen molar-refractivity contribution in [1.82, 2.24) is 5.32 Å². The number of methoxy groups -OCH3 is 1. The number of halogens is 1. The Hall–Kier alpha value is -1.42. The molecule has 0 aliphatic heterocycles. The molecule has 1 aromatic carbocycles. The summed E-state index contributed by atoms with van der Waals surface area (Å²) >= 11 is 0. The van der Waals surface area contributed by atoms with Gasteiger partial charge in [0.15, 0.2) is 0 Å². The minimum atomic E-state index is -0.301. The van der Waals surface area contributed by atoms with Gasteiger partial charge in [0.1, 0.15) is 5.82 Å². The van der Waals surface area contributed by atoms with Crippen molar-refractivity contribution in [1.29, 1.82) is 0 Å². The summed E-state index contributed by atoms with van der Waals surface area (Å²) in [5, 5.41) is 2.87. The van der Waals surface area contributed by atoms with Crippen LogP contribution < -0.4 is 5.32 Å². The van der Waals surface area contributed by atoms with Crippen LogP contribution in [0.4, 0.5) is 4.39 Å². The van der Waals surface area contributed by atoms with Gasteiger partial charge < -0.3 is 10.1 Å². The van der Waals surface area contributed by atoms with Crippen LogP contribution in [-0.4, -0.2) is 19.6 Å². The van der Waals surface area contributed by atoms with E-state index in [4.69, 9.17) is 4.74 Å². The molecule has 1 amide bonds. The minimum absolute atomic E-state index is 0.0831. The highest BCUT2D eigenvalue weighted by molar-refractivity contribution is 5.79. The predicted octanol–water partition coefficient (Wildman–Crippen LogP) is 2.43. The second kappa shape index (κ2) is 5.96. The normalized spacial score (nSPS) is 17.0. The summed E-state index contributed by atoms with van der Waals surface area (Å²) < 4.78 is 18.4. The fourth-order valence-corrected chi connectivity index (χ4v) is 2.05. The Morgan fingerprint density at radius 3 is 2.89 bits per heavy atom. The number of benzene rings is 1. The summed E-state index contributed by atoms with van der Waals surface area (Å²) in [7, 11) is 1.56. The van der Waals surface area contributed by atoms with E-state index in [1.807, 2.05) is 0 Å². The van der Waals surface area contributed by atoms with Crippen molar-refractivity contribution in [2.24, 2.45) is 5.92 Å². The highest BCUT2D eigenvalue weighted by Crippen LogP contribution is 2.26. The number of hydrogen-bond acceptors (Lipinski definition) is 2. The first kappa shape index (κ1) is 13.0. The van der Waals surface area contributed by atoms with Gasteiger partial charge in [0.2, 0.25) is 5.91 Å². The monoisotopic (exact) mass is 251 g/mol. The molecule has 1 aromatic rings. The number of carbonyl (C=O) groups excluding carboxylic acids is 1. The third kappa shape index (κ3) is 3.07. The molecule has 0 heterocycles. The molecule has 1 aliphatic rings. The first-order valence-corrected chi connectivity index (χ1v) is 6.26. The van der Waals surface area contributed by atoms with Crippen molar-refractivity contribution in [3.8, 4) is 0 Å². The van der Waals surface area contributed by atoms with Gasteiger partial charge in [-0.1, -0.05) is 18.6 Å². The summed E-state index contributed by atoms with van der Waals surface area (Å²) in [6.45, 7) is 0.384. The highest BCUT2D eigenvalue weighted by Gasteiger charge is 2.25. The van der Waals surface area contributed by atoms with Crippen LogP contribution in [0.15, 0.2) is 24.3 Å². The molecule has 1 N–H and O–H groups in total. The van der Waals surface area contributed by atoms with Gasteiger partial charge in [-0.15, -0.1) is 0 Å². The molecule has 1 saturated carbocycles. The van der Waals surface area contributed by atoms with Crippen LogP contribution in [0.25, 0.3) is 0 Å². The molecule has 1 aliphatic carbocycles. The fourth-order valence-electron chi connectivity index (χ4n) is 2.05. The van der Waals surface area contributed by atoms with Crippen molar-refractivity contribution >= 4 is 5.91 Å². The van der Waals surface area contributed by atoms with E-state index in [0.717, 1.165) is 24.8 Å². The van der Waals surface area contributed by atoms with Crippen molar-refractivity contribution < 1.29 is 13.9 Å². The maximum atomic E-state index is 13.1. The van der Waals surface area contributed by atoms with Gasteiger partial charge in [0.05, 0.1) is 6.10 Å². The van der Waals surface area contributed by atoms with Crippen LogP contribution in [0.2, 0.25) is 0 Å². The van der Waals surface area contributed by atoms with Crippen LogP contribution in [0.1, 0.15) is 30.9 Å². The summed E-state index contributed by atoms with van der Waals surface area (Å²) in [6.07, 6.45) is 2.78. The molecular weight excluding hydrogens is 233 g/mol. The Balaban J connectivity index is 1.90. The largest absolute Gasteiger partial charge is 0.375 e. The second-order valence-electron chi connectivity index (χ2n) is 4.65. The van der Waals surface area contributed by atoms with E-state index in [-0.39, 0.29) is 23.7 Å². The van der Waals surface area contributed by atoms with E-state index in [1.54, 1.807) is 19.2 Å². The lowest BCUT2D eigenvalue weighted by Gasteiger charge is -2.25. The predicted molar refractivity (Wildman–Crippen MR) is 66.5 cm³/mol. The van der Waals surface area contributed by atoms with E-state index in [0.29, 0.717) is 6.54 Å². The lowest BCUT2D eigenvalue weighted by molar-refractivity contribution is -0.127. The zero-order valence-electron chi connectivity index (χ0n) is 10.5. The van der Waals surface area contributed by atoms with Crippen LogP contribution in [0.5, 0.6) is 0 Å². The van der Waals surface area contributed by atoms with Gasteiger partial charge in [-0.25, -0.2) is 4.39 Å². The van der Waals surface area contributed by atoms with Crippen LogP contribution in [0, 0.1) is 11.7 Å². The third-order valence-corrected chi connectivity index (χ3v) is 3.44. The van der Waals surface area contributed by atoms with Gasteiger partial charge in [0.25, 0.3) is 0 Å². The highest BCUT2D eigenvalue weighted by atomic mass is 19.1. The molecule has 3 nitrogen and oxygen atoms in total. The summed E-state index contributed by atoms with van der Waals surface area (Å²) in [6, 6.07) is 6.27. The van der Waals surface area contributed by atoms with E-state index in [1.165, 1.54) is 12.1 Å². The quantitative estimate of drug-likeness (QED) is 0.872. The van der Waals surface area contributed by atoms with Gasteiger partial charge in [-0.3, -0.25) is 4.79 Å². The molecule has 18 heavy (non-hydrogen) atoms. The number of rotatable bonds is 5. The summed E-state index contributed by atoms with van der Waals surface area (Å²) in [4.78, 5) is 11.7. The number of nitrogens with one attached hydrogen (secondary N) is 1. The Kier molecular flexibility index (Phi) is 4.31. The fraction of sp³-hybridized carbons (Fsp3) is 0.500. The van der Waals surface area contributed by atoms with Crippen LogP contribution in [-0.2, 0) is 9.53 Å². The number of ether oxygens (including phenoxy) is 1. The first-order chi connectivity index (χ1) is 8.70. The average molecular weight is 251 g/mol. The molecule has 0 spiro atoms. The Morgan fingerprint density at radius 2 is 2.33 bits per heavy atom. The standard InChI is InChI=1S/C14H18FNO2/c1-18-13(11-6-3-7-12(15)8-11)9-16-14(17)10-4-2-5-10/h3,6-8,10,13H,2,4-5,9H2,1H3,(H,16,17). The van der Waals surface area contributed by atoms with E-state index < -0.39 is 0 Å². The van der Waals surface area contributed by atoms with Gasteiger partial charge >= 0.3 is 0 Å². The minimum Gasteiger partial charge on any atom is -0.375 e. The lowest BCUT2D eigenvalue weighted by Crippen LogP contribution is -2.37. The molecule has 0 bridgehead atoms. The zero-order valence-corrected chi connectivity index (χ0v) is 10.5. The third-order valence-electron chi connectivity index (χ3n) is 3.44. The Bertz CT molecular complexity index is 418. The maximum absolute atomic E-state index is 13.1. The van der Waals surface area contributed by atoms with E-state index in [9.17, 15) is 9.18 Å². The topological polar surface area (TPSA) is 38.3 Å². The molecule has 2 rings (SSSR count). The molecule has 1 atom stereocenters. The Morgan fingerprint density at radius 1 is 1.56 bits per heavy atom. The molecule has 0 radical (unpaired) electrons. The molecule has 98 valence electrons. The average Bonchev–Trinajstić information content (AvgIpc) is 2.27. The van der Waals surface area contributed by atoms with Crippen molar-refractivity contribution in [3.05, 3.63) is 35.6 Å². The van der Waals surface area contributed by atoms with Gasteiger partial charge in [-0.2, -0.15) is 0 Å². The first-order valence-electron chi connectivity index (χ1n) is 6.26. The number of carbonyl (C=O) groups is 1. The molecular formula is C14H18FNO2. The van der Waals surface area contributed by atoms with Gasteiger partial charge in [0, 0.05) is 19.6 Å². The zero-order chi connectivity index (χ0) is 13.0. The van der Waals surface area contributed by atoms with Crippen molar-refractivity contribution in [2.45, 2.75) is 25.4 Å². The maximum Gasteiger partial charge on any atom is 0.223 e. The molecule has 1 fully saturated rings. The molecule has 0 aromatic heterocycles. The molecule has 1 unspecified atom stereocenters. The van der Waals surface area contributed by atoms with Gasteiger partial charge in [-0.05, 0) is 30.5 Å². The number of hydrogen-bond donors (Lipinski definition) is 1. The second-order valence-corrected chi connectivity index (χ2v) is 4.65. The van der Waals surface area contributed by atoms with Crippen molar-refractivity contribution in [2.75, 3.05) is 13.7 Å². The van der Waals surface area contributed by atoms with E-state index >= 15 is 0 Å². The van der Waals surface area contributed by atoms with Crippen LogP contribution in [0.3, 0.4) is 0 Å². The lowest BCUT2D eigenvalue weighted by atomic mass is 9.85. The molecule has 0 saturated heterocycles. The summed E-state index contributed by atoms with van der Waals surface area (Å²) in [5.74, 6) is -0.0467. The van der Waals surface area contributed by atoms with Crippen molar-refractivity contribution in [3.63, 3.8) is 0 Å². The smallest absolute Gasteiger partial charge is 0.223 e. The number of amides is 1. The molecule has 4 heteroatoms. The SMILES string of the molecule is COC(CNC(=O)C1CCC1)c1cccc(F)c1. The van der Waals surface area contributed by atoms with E-state index in [2.05, 4.69) is 5.32 Å². The van der Waals surface area contributed by atoms with Crippen LogP contribution >= 0.6 is 0 Å². The summed E-state index contributed by atoms with van der Waals surface area (Å²) in [5.41, 5.74) is 0.742.